The summed E-state index contributed by atoms with van der Waals surface area (Å²) in [7, 11) is 0. The van der Waals surface area contributed by atoms with Gasteiger partial charge in [-0.15, -0.1) is 0 Å². The molecule has 4 heteroatoms. The summed E-state index contributed by atoms with van der Waals surface area (Å²) >= 11 is 0. The Morgan fingerprint density at radius 2 is 1.00 bits per heavy atom. The van der Waals surface area contributed by atoms with Crippen LogP contribution >= 0.6 is 0 Å². The minimum absolute atomic E-state index is 0. The quantitative estimate of drug-likeness (QED) is 0.501. The van der Waals surface area contributed by atoms with Crippen molar-refractivity contribution in [3.63, 3.8) is 0 Å². The summed E-state index contributed by atoms with van der Waals surface area (Å²) in [6.45, 7) is 0. The molecule has 4 heavy (non-hydrogen) atoms. The standard InChI is InChI=1S/Co.Fe.Re.Ru. The van der Waals surface area contributed by atoms with E-state index in [0.29, 0.717) is 0 Å². The summed E-state index contributed by atoms with van der Waals surface area (Å²) in [5, 5.41) is 0. The first-order chi connectivity index (χ1) is 0. The Bertz CT molecular complexity index is 8.00. The van der Waals surface area contributed by atoms with E-state index in [1.807, 2.05) is 0 Å². The molecular formula is CoFeReRu. The molecule has 0 unspecified atom stereocenters. The van der Waals surface area contributed by atoms with E-state index in [9.17, 15) is 0 Å². The summed E-state index contributed by atoms with van der Waals surface area (Å²) in [5.41, 5.74) is 0. The van der Waals surface area contributed by atoms with E-state index in [1.165, 1.54) is 0 Å². The van der Waals surface area contributed by atoms with Gasteiger partial charge in [0.15, 0.2) is 0 Å². The van der Waals surface area contributed by atoms with Gasteiger partial charge in [-0.1, -0.05) is 0 Å². The smallest absolute Gasteiger partial charge is 0 e. The van der Waals surface area contributed by atoms with Crippen LogP contribution < -0.4 is 0 Å². The van der Waals surface area contributed by atoms with Crippen LogP contribution in [0.2, 0.25) is 0 Å². The minimum Gasteiger partial charge on any atom is 0 e. The Morgan fingerprint density at radius 3 is 1.00 bits per heavy atom. The molecule has 0 saturated heterocycles. The molecule has 0 bridgehead atoms. The summed E-state index contributed by atoms with van der Waals surface area (Å²) in [4.78, 5) is 0. The topological polar surface area (TPSA) is 0 Å². The Kier molecular flexibility index (Phi) is 154. The molecule has 0 N–H and O–H groups in total. The molecule has 0 rings (SSSR count). The molecule has 0 aliphatic carbocycles. The van der Waals surface area contributed by atoms with E-state index in [0.717, 1.165) is 0 Å². The van der Waals surface area contributed by atoms with Crippen molar-refractivity contribution in [3.05, 3.63) is 0 Å². The van der Waals surface area contributed by atoms with Gasteiger partial charge in [-0.25, -0.2) is 0 Å². The zero-order valence-corrected chi connectivity index (χ0v) is 8.02. The summed E-state index contributed by atoms with van der Waals surface area (Å²) in [5.74, 6) is 0. The normalized spacial score (nSPS) is 0. The predicted molar refractivity (Wildman–Crippen MR) is 0 cm³/mol. The Balaban J connectivity index is 0. The molecule has 0 aromatic carbocycles. The molecule has 0 saturated carbocycles. The van der Waals surface area contributed by atoms with Gasteiger partial charge in [0, 0.05) is 73.7 Å². The first-order valence-corrected chi connectivity index (χ1v) is 0. The van der Waals surface area contributed by atoms with Crippen molar-refractivity contribution in [1.82, 2.24) is 0 Å². The molecule has 0 spiro atoms. The first-order valence-electron chi connectivity index (χ1n) is 0. The second-order valence-corrected chi connectivity index (χ2v) is 0. The van der Waals surface area contributed by atoms with E-state index in [-0.39, 0.29) is 73.7 Å². The zero-order chi connectivity index (χ0) is 0. The fourth-order valence-electron chi connectivity index (χ4n) is 0. The predicted octanol–water partition coefficient (Wildman–Crippen LogP) is -0.0100. The Labute approximate surface area is 72.9 Å². The molecule has 0 aliphatic heterocycles. The third-order valence-corrected chi connectivity index (χ3v) is 0. The van der Waals surface area contributed by atoms with Crippen molar-refractivity contribution in [3.8, 4) is 0 Å². The second-order valence-electron chi connectivity index (χ2n) is 0. The van der Waals surface area contributed by atoms with E-state index < -0.39 is 0 Å². The van der Waals surface area contributed by atoms with Gasteiger partial charge in [0.25, 0.3) is 0 Å². The van der Waals surface area contributed by atoms with Gasteiger partial charge < -0.3 is 0 Å². The molecule has 0 aliphatic rings. The van der Waals surface area contributed by atoms with E-state index in [1.54, 1.807) is 0 Å². The van der Waals surface area contributed by atoms with Crippen LogP contribution in [0.1, 0.15) is 0 Å². The minimum atomic E-state index is 0. The molecule has 0 aromatic rings. The maximum Gasteiger partial charge on any atom is 0 e. The van der Waals surface area contributed by atoms with Crippen molar-refractivity contribution < 1.29 is 73.7 Å². The number of hydrogen-bond acceptors (Lipinski definition) is 0. The van der Waals surface area contributed by atoms with Gasteiger partial charge in [-0.3, -0.25) is 0 Å². The first kappa shape index (κ1) is 33.3. The van der Waals surface area contributed by atoms with E-state index in [2.05, 4.69) is 0 Å². The van der Waals surface area contributed by atoms with Gasteiger partial charge in [0.2, 0.25) is 0 Å². The molecule has 0 heterocycles. The van der Waals surface area contributed by atoms with Crippen LogP contribution in [-0.4, -0.2) is 0 Å². The maximum atomic E-state index is 0. The zero-order valence-electron chi connectivity index (χ0n) is 1.42. The van der Waals surface area contributed by atoms with Crippen LogP contribution in [0, 0.1) is 0 Å². The average molecular weight is 402 g/mol. The third-order valence-electron chi connectivity index (χ3n) is 0. The summed E-state index contributed by atoms with van der Waals surface area (Å²) in [6.07, 6.45) is 0. The molecule has 0 nitrogen and oxygen atoms in total. The fourth-order valence-corrected chi connectivity index (χ4v) is 0. The summed E-state index contributed by atoms with van der Waals surface area (Å²) in [6, 6.07) is 0. The van der Waals surface area contributed by atoms with Gasteiger partial charge in [0.05, 0.1) is 0 Å². The summed E-state index contributed by atoms with van der Waals surface area (Å²) < 4.78 is 0. The SMILES string of the molecule is [Co].[Fe].[Re].[Ru]. The maximum absolute atomic E-state index is 0. The number of rotatable bonds is 0. The van der Waals surface area contributed by atoms with Crippen molar-refractivity contribution in [2.24, 2.45) is 0 Å². The van der Waals surface area contributed by atoms with Crippen LogP contribution in [0.3, 0.4) is 0 Å². The van der Waals surface area contributed by atoms with Crippen LogP contribution in [0.25, 0.3) is 0 Å². The van der Waals surface area contributed by atoms with Crippen molar-refractivity contribution in [1.29, 1.82) is 0 Å². The monoisotopic (exact) mass is 404 g/mol. The molecule has 0 fully saturated rings. The Morgan fingerprint density at radius 1 is 1.00 bits per heavy atom. The molecule has 2 radical (unpaired) electrons. The van der Waals surface area contributed by atoms with Crippen molar-refractivity contribution >= 4 is 0 Å². The van der Waals surface area contributed by atoms with E-state index >= 15 is 0 Å². The molecule has 0 atom stereocenters. The van der Waals surface area contributed by atoms with Crippen LogP contribution in [0.4, 0.5) is 0 Å². The second kappa shape index (κ2) is 18.5. The molecule has 0 amide bonds. The van der Waals surface area contributed by atoms with Gasteiger partial charge in [-0.05, 0) is 0 Å². The van der Waals surface area contributed by atoms with Gasteiger partial charge in [-0.2, -0.15) is 0 Å². The fraction of sp³-hybridized carbons (Fsp3) is 0. The molecular weight excluding hydrogens is 402 g/mol. The molecule has 0 aromatic heterocycles. The largest absolute Gasteiger partial charge is 0 e. The van der Waals surface area contributed by atoms with Crippen LogP contribution in [0.5, 0.6) is 0 Å². The van der Waals surface area contributed by atoms with Crippen LogP contribution in [0.15, 0.2) is 0 Å². The molecule has 32 valence electrons. The van der Waals surface area contributed by atoms with E-state index in [4.69, 9.17) is 0 Å². The van der Waals surface area contributed by atoms with Gasteiger partial charge in [0.1, 0.15) is 0 Å². The third kappa shape index (κ3) is 8.85. The van der Waals surface area contributed by atoms with Crippen LogP contribution in [-0.2, 0) is 73.7 Å². The van der Waals surface area contributed by atoms with Crippen molar-refractivity contribution in [2.75, 3.05) is 0 Å². The number of hydrogen-bond donors (Lipinski definition) is 0. The average Bonchev–Trinajstić information content (AvgIpc) is 0. The Hall–Kier alpha value is 2.31. The van der Waals surface area contributed by atoms with Gasteiger partial charge >= 0.3 is 0 Å². The van der Waals surface area contributed by atoms with Crippen molar-refractivity contribution in [2.45, 2.75) is 0 Å².